The topological polar surface area (TPSA) is 77.8 Å². The van der Waals surface area contributed by atoms with Crippen molar-refractivity contribution in [2.24, 2.45) is 0 Å². The molecule has 0 spiro atoms. The van der Waals surface area contributed by atoms with Crippen molar-refractivity contribution in [1.82, 2.24) is 9.97 Å². The number of hydrogen-bond acceptors (Lipinski definition) is 7. The van der Waals surface area contributed by atoms with E-state index in [9.17, 15) is 0 Å². The molecule has 0 aliphatic carbocycles. The SMILES string of the molecule is Nc1nc(-c2ccccc2)c(Sc2sc(N)nc2-c2ccccc2)s1. The summed E-state index contributed by atoms with van der Waals surface area (Å²) in [4.78, 5) is 9.03. The third-order valence-electron chi connectivity index (χ3n) is 3.51. The summed E-state index contributed by atoms with van der Waals surface area (Å²) in [5.74, 6) is 0. The molecule has 4 rings (SSSR count). The lowest BCUT2D eigenvalue weighted by molar-refractivity contribution is 1.35. The molecule has 4 N–H and O–H groups in total. The molecule has 0 aliphatic rings. The molecule has 0 amide bonds. The van der Waals surface area contributed by atoms with Crippen molar-refractivity contribution in [3.63, 3.8) is 0 Å². The molecular formula is C18H14N4S3. The second-order valence-electron chi connectivity index (χ2n) is 5.21. The summed E-state index contributed by atoms with van der Waals surface area (Å²) in [5.41, 5.74) is 15.9. The lowest BCUT2D eigenvalue weighted by Gasteiger charge is -2.03. The molecule has 2 heterocycles. The normalized spacial score (nSPS) is 10.9. The van der Waals surface area contributed by atoms with Crippen molar-refractivity contribution < 1.29 is 0 Å². The van der Waals surface area contributed by atoms with Crippen LogP contribution in [0.2, 0.25) is 0 Å². The molecule has 0 saturated carbocycles. The van der Waals surface area contributed by atoms with Crippen molar-refractivity contribution >= 4 is 44.7 Å². The van der Waals surface area contributed by atoms with E-state index >= 15 is 0 Å². The van der Waals surface area contributed by atoms with Crippen LogP contribution in [-0.2, 0) is 0 Å². The number of rotatable bonds is 4. The molecule has 7 heteroatoms. The molecule has 0 unspecified atom stereocenters. The van der Waals surface area contributed by atoms with Gasteiger partial charge in [-0.2, -0.15) is 0 Å². The van der Waals surface area contributed by atoms with Gasteiger partial charge in [-0.1, -0.05) is 95.1 Å². The first-order chi connectivity index (χ1) is 12.2. The van der Waals surface area contributed by atoms with Gasteiger partial charge in [-0.3, -0.25) is 0 Å². The molecule has 25 heavy (non-hydrogen) atoms. The van der Waals surface area contributed by atoms with Crippen LogP contribution >= 0.6 is 34.4 Å². The zero-order valence-corrected chi connectivity index (χ0v) is 15.5. The fourth-order valence-corrected chi connectivity index (χ4v) is 5.79. The summed E-state index contributed by atoms with van der Waals surface area (Å²) in [7, 11) is 0. The molecule has 0 radical (unpaired) electrons. The van der Waals surface area contributed by atoms with E-state index in [2.05, 4.69) is 9.97 Å². The summed E-state index contributed by atoms with van der Waals surface area (Å²) in [6, 6.07) is 20.1. The number of hydrogen-bond donors (Lipinski definition) is 2. The molecule has 0 aliphatic heterocycles. The summed E-state index contributed by atoms with van der Waals surface area (Å²) in [6.45, 7) is 0. The van der Waals surface area contributed by atoms with Crippen molar-refractivity contribution in [3.8, 4) is 22.5 Å². The van der Waals surface area contributed by atoms with Gasteiger partial charge in [0.15, 0.2) is 10.3 Å². The van der Waals surface area contributed by atoms with Crippen LogP contribution < -0.4 is 11.5 Å². The van der Waals surface area contributed by atoms with Gasteiger partial charge in [0.25, 0.3) is 0 Å². The molecule has 124 valence electrons. The molecular weight excluding hydrogens is 368 g/mol. The van der Waals surface area contributed by atoms with Gasteiger partial charge in [-0.25, -0.2) is 9.97 Å². The van der Waals surface area contributed by atoms with Crippen LogP contribution in [0.4, 0.5) is 10.3 Å². The second-order valence-corrected chi connectivity index (χ2v) is 8.81. The zero-order chi connectivity index (χ0) is 17.2. The third-order valence-corrected chi connectivity index (χ3v) is 6.62. The van der Waals surface area contributed by atoms with Gasteiger partial charge < -0.3 is 11.5 Å². The van der Waals surface area contributed by atoms with E-state index in [0.717, 1.165) is 30.9 Å². The third kappa shape index (κ3) is 3.39. The van der Waals surface area contributed by atoms with Crippen molar-refractivity contribution in [2.75, 3.05) is 11.5 Å². The van der Waals surface area contributed by atoms with E-state index < -0.39 is 0 Å². The standard InChI is InChI=1S/C18H14N4S3/c19-17-21-13(11-7-3-1-4-8-11)15(24-17)23-16-14(22-18(20)25-16)12-9-5-2-6-10-12/h1-10H,(H2,19,21)(H2,20,22). The van der Waals surface area contributed by atoms with Crippen LogP contribution in [0.15, 0.2) is 69.1 Å². The quantitative estimate of drug-likeness (QED) is 0.504. The first-order valence-corrected chi connectivity index (χ1v) is 9.97. The molecule has 0 saturated heterocycles. The molecule has 2 aromatic carbocycles. The van der Waals surface area contributed by atoms with Crippen LogP contribution in [0.25, 0.3) is 22.5 Å². The van der Waals surface area contributed by atoms with Gasteiger partial charge >= 0.3 is 0 Å². The van der Waals surface area contributed by atoms with Crippen LogP contribution in [0.1, 0.15) is 0 Å². The predicted molar refractivity (Wildman–Crippen MR) is 108 cm³/mol. The number of nitrogens with two attached hydrogens (primary N) is 2. The Hall–Kier alpha value is -2.35. The number of benzene rings is 2. The van der Waals surface area contributed by atoms with E-state index in [1.165, 1.54) is 22.7 Å². The van der Waals surface area contributed by atoms with Gasteiger partial charge in [-0.05, 0) is 0 Å². The Balaban J connectivity index is 1.75. The Morgan fingerprint density at radius 2 is 1.04 bits per heavy atom. The molecule has 0 bridgehead atoms. The number of nitrogens with zero attached hydrogens (tertiary/aromatic N) is 2. The average Bonchev–Trinajstić information content (AvgIpc) is 3.19. The maximum atomic E-state index is 5.98. The summed E-state index contributed by atoms with van der Waals surface area (Å²) in [6.07, 6.45) is 0. The Labute approximate surface area is 157 Å². The molecule has 0 fully saturated rings. The van der Waals surface area contributed by atoms with Crippen LogP contribution in [0, 0.1) is 0 Å². The Bertz CT molecular complexity index is 912. The van der Waals surface area contributed by atoms with Gasteiger partial charge in [-0.15, -0.1) is 0 Å². The molecule has 4 nitrogen and oxygen atoms in total. The predicted octanol–water partition coefficient (Wildman–Crippen LogP) is 5.25. The van der Waals surface area contributed by atoms with Gasteiger partial charge in [0.1, 0.15) is 0 Å². The highest BCUT2D eigenvalue weighted by atomic mass is 32.2. The Morgan fingerprint density at radius 3 is 1.44 bits per heavy atom. The summed E-state index contributed by atoms with van der Waals surface area (Å²) >= 11 is 4.59. The van der Waals surface area contributed by atoms with Gasteiger partial charge in [0.05, 0.1) is 19.8 Å². The van der Waals surface area contributed by atoms with Crippen molar-refractivity contribution in [2.45, 2.75) is 8.42 Å². The van der Waals surface area contributed by atoms with E-state index in [4.69, 9.17) is 11.5 Å². The van der Waals surface area contributed by atoms with Crippen molar-refractivity contribution in [3.05, 3.63) is 60.7 Å². The monoisotopic (exact) mass is 382 g/mol. The zero-order valence-electron chi connectivity index (χ0n) is 13.0. The first-order valence-electron chi connectivity index (χ1n) is 7.52. The van der Waals surface area contributed by atoms with Gasteiger partial charge in [0, 0.05) is 11.1 Å². The Morgan fingerprint density at radius 1 is 0.640 bits per heavy atom. The maximum Gasteiger partial charge on any atom is 0.181 e. The van der Waals surface area contributed by atoms with E-state index in [1.807, 2.05) is 60.7 Å². The number of nitrogen functional groups attached to an aromatic ring is 2. The minimum Gasteiger partial charge on any atom is -0.375 e. The average molecular weight is 383 g/mol. The van der Waals surface area contributed by atoms with E-state index in [0.29, 0.717) is 10.3 Å². The smallest absolute Gasteiger partial charge is 0.181 e. The van der Waals surface area contributed by atoms with Gasteiger partial charge in [0.2, 0.25) is 0 Å². The number of thiazole rings is 2. The number of aromatic nitrogens is 2. The summed E-state index contributed by atoms with van der Waals surface area (Å²) < 4.78 is 2.09. The first kappa shape index (κ1) is 16.1. The highest BCUT2D eigenvalue weighted by molar-refractivity contribution is 8.03. The van der Waals surface area contributed by atoms with E-state index in [-0.39, 0.29) is 0 Å². The second kappa shape index (κ2) is 6.87. The molecule has 0 atom stereocenters. The highest BCUT2D eigenvalue weighted by Crippen LogP contribution is 2.46. The van der Waals surface area contributed by atoms with E-state index in [1.54, 1.807) is 11.8 Å². The maximum absolute atomic E-state index is 5.98. The highest BCUT2D eigenvalue weighted by Gasteiger charge is 2.18. The van der Waals surface area contributed by atoms with Crippen LogP contribution in [-0.4, -0.2) is 9.97 Å². The fourth-order valence-electron chi connectivity index (χ4n) is 2.42. The van der Waals surface area contributed by atoms with Crippen LogP contribution in [0.3, 0.4) is 0 Å². The summed E-state index contributed by atoms with van der Waals surface area (Å²) in [5, 5.41) is 1.11. The number of anilines is 2. The lowest BCUT2D eigenvalue weighted by atomic mass is 10.2. The largest absolute Gasteiger partial charge is 0.375 e. The molecule has 2 aromatic heterocycles. The minimum atomic E-state index is 0.556. The Kier molecular flexibility index (Phi) is 4.44. The molecule has 4 aromatic rings. The fraction of sp³-hybridized carbons (Fsp3) is 0. The van der Waals surface area contributed by atoms with Crippen molar-refractivity contribution in [1.29, 1.82) is 0 Å². The minimum absolute atomic E-state index is 0.556. The van der Waals surface area contributed by atoms with Crippen LogP contribution in [0.5, 0.6) is 0 Å². The lowest BCUT2D eigenvalue weighted by Crippen LogP contribution is -1.84.